The molecule has 0 saturated carbocycles. The van der Waals surface area contributed by atoms with Crippen molar-refractivity contribution in [1.29, 1.82) is 0 Å². The van der Waals surface area contributed by atoms with Crippen molar-refractivity contribution in [1.82, 2.24) is 9.21 Å². The van der Waals surface area contributed by atoms with Crippen LogP contribution in [0.3, 0.4) is 0 Å². The van der Waals surface area contributed by atoms with E-state index in [9.17, 15) is 17.6 Å². The van der Waals surface area contributed by atoms with Crippen LogP contribution >= 0.6 is 0 Å². The maximum Gasteiger partial charge on any atom is 0.245 e. The molecular formula is C23H27FN2O4S. The minimum atomic E-state index is -3.90. The maximum absolute atomic E-state index is 14.0. The second-order valence-corrected chi connectivity index (χ2v) is 9.98. The molecule has 2 aliphatic rings. The zero-order valence-electron chi connectivity index (χ0n) is 17.5. The van der Waals surface area contributed by atoms with E-state index in [1.54, 1.807) is 7.11 Å². The Bertz CT molecular complexity index is 1030. The average molecular weight is 447 g/mol. The van der Waals surface area contributed by atoms with Crippen molar-refractivity contribution in [2.75, 3.05) is 26.7 Å². The van der Waals surface area contributed by atoms with Crippen molar-refractivity contribution in [2.24, 2.45) is 5.92 Å². The highest BCUT2D eigenvalue weighted by atomic mass is 32.2. The zero-order chi connectivity index (χ0) is 22.0. The number of rotatable bonds is 5. The second kappa shape index (κ2) is 8.96. The molecule has 0 spiro atoms. The summed E-state index contributed by atoms with van der Waals surface area (Å²) in [5.74, 6) is -0.102. The van der Waals surface area contributed by atoms with Gasteiger partial charge in [0.2, 0.25) is 15.9 Å². The molecule has 0 bridgehead atoms. The average Bonchev–Trinajstić information content (AvgIpc) is 3.29. The molecule has 4 rings (SSSR count). The van der Waals surface area contributed by atoms with Gasteiger partial charge in [0.15, 0.2) is 0 Å². The van der Waals surface area contributed by atoms with Gasteiger partial charge in [-0.15, -0.1) is 0 Å². The number of carbonyl (C=O) groups is 1. The number of nitrogens with zero attached hydrogens (tertiary/aromatic N) is 2. The van der Waals surface area contributed by atoms with Crippen molar-refractivity contribution in [2.45, 2.75) is 36.6 Å². The predicted octanol–water partition coefficient (Wildman–Crippen LogP) is 3.60. The predicted molar refractivity (Wildman–Crippen MR) is 115 cm³/mol. The monoisotopic (exact) mass is 446 g/mol. The van der Waals surface area contributed by atoms with Crippen LogP contribution in [0.2, 0.25) is 0 Å². The lowest BCUT2D eigenvalue weighted by Gasteiger charge is -2.34. The summed E-state index contributed by atoms with van der Waals surface area (Å²) in [6, 6.07) is 13.3. The fourth-order valence-corrected chi connectivity index (χ4v) is 6.11. The Labute approximate surface area is 182 Å². The summed E-state index contributed by atoms with van der Waals surface area (Å²) in [5, 5.41) is 0. The van der Waals surface area contributed by atoms with E-state index in [2.05, 4.69) is 0 Å². The molecule has 0 aliphatic carbocycles. The Morgan fingerprint density at radius 1 is 1.00 bits per heavy atom. The first-order valence-corrected chi connectivity index (χ1v) is 12.0. The number of amides is 1. The Morgan fingerprint density at radius 3 is 2.32 bits per heavy atom. The molecule has 1 amide bonds. The lowest BCUT2D eigenvalue weighted by molar-refractivity contribution is -0.137. The van der Waals surface area contributed by atoms with Gasteiger partial charge in [0, 0.05) is 25.6 Å². The number of methoxy groups -OCH3 is 1. The van der Waals surface area contributed by atoms with Gasteiger partial charge in [-0.25, -0.2) is 12.8 Å². The zero-order valence-corrected chi connectivity index (χ0v) is 18.4. The fraction of sp³-hybridized carbons (Fsp3) is 0.435. The first-order chi connectivity index (χ1) is 14.9. The molecule has 1 atom stereocenters. The molecule has 6 nitrogen and oxygen atoms in total. The molecule has 2 aromatic carbocycles. The minimum Gasteiger partial charge on any atom is -0.497 e. The molecule has 31 heavy (non-hydrogen) atoms. The number of hydrogen-bond acceptors (Lipinski definition) is 4. The van der Waals surface area contributed by atoms with Crippen LogP contribution in [0.25, 0.3) is 0 Å². The normalized spacial score (nSPS) is 20.7. The number of carbonyl (C=O) groups excluding carboxylic acids is 1. The molecule has 2 heterocycles. The smallest absolute Gasteiger partial charge is 0.245 e. The second-order valence-electron chi connectivity index (χ2n) is 8.07. The van der Waals surface area contributed by atoms with E-state index in [0.29, 0.717) is 19.4 Å². The Hall–Kier alpha value is -2.45. The Kier molecular flexibility index (Phi) is 6.29. The molecule has 8 heteroatoms. The van der Waals surface area contributed by atoms with E-state index in [-0.39, 0.29) is 35.9 Å². The standard InChI is InChI=1S/C23H27FN2O4S/c1-30-19-10-8-17(9-11-19)21-6-4-14-26(21)23(27)18-12-15-25(16-13-18)31(28,29)22-7-3-2-5-20(22)24/h2-3,5,7-11,18,21H,4,6,12-16H2,1H3/t21-/m1/s1. The van der Waals surface area contributed by atoms with Crippen molar-refractivity contribution in [3.8, 4) is 5.75 Å². The quantitative estimate of drug-likeness (QED) is 0.704. The van der Waals surface area contributed by atoms with Gasteiger partial charge in [-0.2, -0.15) is 4.31 Å². The van der Waals surface area contributed by atoms with Gasteiger partial charge < -0.3 is 9.64 Å². The first-order valence-electron chi connectivity index (χ1n) is 10.6. The van der Waals surface area contributed by atoms with Crippen molar-refractivity contribution >= 4 is 15.9 Å². The number of benzene rings is 2. The van der Waals surface area contributed by atoms with Crippen LogP contribution in [-0.4, -0.2) is 50.3 Å². The molecule has 2 aromatic rings. The van der Waals surface area contributed by atoms with Gasteiger partial charge in [0.05, 0.1) is 13.2 Å². The van der Waals surface area contributed by atoms with E-state index in [4.69, 9.17) is 4.74 Å². The van der Waals surface area contributed by atoms with Gasteiger partial charge in [0.25, 0.3) is 0 Å². The van der Waals surface area contributed by atoms with Gasteiger partial charge in [-0.1, -0.05) is 24.3 Å². The van der Waals surface area contributed by atoms with Crippen LogP contribution in [0.5, 0.6) is 5.75 Å². The highest BCUT2D eigenvalue weighted by Gasteiger charge is 2.38. The fourth-order valence-electron chi connectivity index (χ4n) is 4.57. The van der Waals surface area contributed by atoms with Crippen LogP contribution in [0.15, 0.2) is 53.4 Å². The molecule has 2 saturated heterocycles. The van der Waals surface area contributed by atoms with Gasteiger partial charge in [-0.3, -0.25) is 4.79 Å². The summed E-state index contributed by atoms with van der Waals surface area (Å²) in [6.07, 6.45) is 2.75. The first kappa shape index (κ1) is 21.8. The molecule has 166 valence electrons. The largest absolute Gasteiger partial charge is 0.497 e. The summed E-state index contributed by atoms with van der Waals surface area (Å²) in [4.78, 5) is 14.9. The third kappa shape index (κ3) is 4.32. The van der Waals surface area contributed by atoms with E-state index in [0.717, 1.165) is 30.2 Å². The van der Waals surface area contributed by atoms with Crippen LogP contribution in [-0.2, 0) is 14.8 Å². The number of hydrogen-bond donors (Lipinski definition) is 0. The van der Waals surface area contributed by atoms with Gasteiger partial charge >= 0.3 is 0 Å². The van der Waals surface area contributed by atoms with Gasteiger partial charge in [-0.05, 0) is 55.5 Å². The summed E-state index contributed by atoms with van der Waals surface area (Å²) < 4.78 is 46.2. The lowest BCUT2D eigenvalue weighted by Crippen LogP contribution is -2.44. The molecule has 0 unspecified atom stereocenters. The third-order valence-electron chi connectivity index (χ3n) is 6.29. The van der Waals surface area contributed by atoms with Crippen molar-refractivity contribution < 1.29 is 22.3 Å². The van der Waals surface area contributed by atoms with Crippen LogP contribution in [0.4, 0.5) is 4.39 Å². The number of ether oxygens (including phenoxy) is 1. The molecule has 2 fully saturated rings. The summed E-state index contributed by atoms with van der Waals surface area (Å²) in [6.45, 7) is 1.14. The van der Waals surface area contributed by atoms with E-state index in [1.807, 2.05) is 29.2 Å². The third-order valence-corrected chi connectivity index (χ3v) is 8.23. The van der Waals surface area contributed by atoms with E-state index in [1.165, 1.54) is 22.5 Å². The molecule has 0 aromatic heterocycles. The lowest BCUT2D eigenvalue weighted by atomic mass is 9.95. The number of halogens is 1. The summed E-state index contributed by atoms with van der Waals surface area (Å²) in [7, 11) is -2.28. The van der Waals surface area contributed by atoms with Crippen LogP contribution in [0, 0.1) is 11.7 Å². The molecule has 2 aliphatic heterocycles. The Morgan fingerprint density at radius 2 is 1.68 bits per heavy atom. The molecule has 0 radical (unpaired) electrons. The van der Waals surface area contributed by atoms with E-state index < -0.39 is 15.8 Å². The van der Waals surface area contributed by atoms with Crippen LogP contribution in [0.1, 0.15) is 37.3 Å². The van der Waals surface area contributed by atoms with Gasteiger partial charge in [0.1, 0.15) is 16.5 Å². The SMILES string of the molecule is COc1ccc([C@H]2CCCN2C(=O)C2CCN(S(=O)(=O)c3ccccc3F)CC2)cc1. The minimum absolute atomic E-state index is 0.0404. The maximum atomic E-state index is 14.0. The van der Waals surface area contributed by atoms with Crippen LogP contribution < -0.4 is 4.74 Å². The topological polar surface area (TPSA) is 66.9 Å². The number of piperidine rings is 1. The number of sulfonamides is 1. The van der Waals surface area contributed by atoms with Crippen molar-refractivity contribution in [3.63, 3.8) is 0 Å². The molecular weight excluding hydrogens is 419 g/mol. The highest BCUT2D eigenvalue weighted by Crippen LogP contribution is 2.36. The number of likely N-dealkylation sites (tertiary alicyclic amines) is 1. The summed E-state index contributed by atoms with van der Waals surface area (Å²) in [5.41, 5.74) is 1.09. The summed E-state index contributed by atoms with van der Waals surface area (Å²) >= 11 is 0. The van der Waals surface area contributed by atoms with Crippen molar-refractivity contribution in [3.05, 3.63) is 59.9 Å². The Balaban J connectivity index is 1.42. The molecule has 0 N–H and O–H groups in total. The highest BCUT2D eigenvalue weighted by molar-refractivity contribution is 7.89. The van der Waals surface area contributed by atoms with E-state index >= 15 is 0 Å².